The lowest BCUT2D eigenvalue weighted by Crippen LogP contribution is -2.31. The third kappa shape index (κ3) is 2.67. The smallest absolute Gasteiger partial charge is 0.259 e. The van der Waals surface area contributed by atoms with Gasteiger partial charge in [0.1, 0.15) is 0 Å². The maximum absolute atomic E-state index is 12.8. The second kappa shape index (κ2) is 5.66. The van der Waals surface area contributed by atoms with Gasteiger partial charge in [0.2, 0.25) is 0 Å². The number of amides is 1. The quantitative estimate of drug-likeness (QED) is 0.875. The number of anilines is 1. The Kier molecular flexibility index (Phi) is 3.71. The van der Waals surface area contributed by atoms with E-state index in [1.807, 2.05) is 37.3 Å². The molecule has 0 spiro atoms. The third-order valence-electron chi connectivity index (χ3n) is 3.81. The largest absolute Gasteiger partial charge is 0.388 e. The van der Waals surface area contributed by atoms with E-state index in [0.717, 1.165) is 23.2 Å². The van der Waals surface area contributed by atoms with Crippen LogP contribution in [0.1, 0.15) is 40.4 Å². The topological polar surface area (TPSA) is 53.4 Å². The number of carbonyl (C=O) groups excluding carboxylic acids is 1. The Bertz CT molecular complexity index is 669. The lowest BCUT2D eigenvalue weighted by molar-refractivity contribution is 0.0986. The van der Waals surface area contributed by atoms with Gasteiger partial charge in [-0.25, -0.2) is 0 Å². The number of nitrogens with zero attached hydrogens (tertiary/aromatic N) is 2. The van der Waals surface area contributed by atoms with Gasteiger partial charge in [-0.2, -0.15) is 0 Å². The number of para-hydroxylation sites is 1. The molecule has 3 rings (SSSR count). The van der Waals surface area contributed by atoms with Gasteiger partial charge in [0, 0.05) is 30.2 Å². The van der Waals surface area contributed by atoms with Crippen LogP contribution >= 0.6 is 0 Å². The second-order valence-corrected chi connectivity index (χ2v) is 5.42. The molecule has 0 fully saturated rings. The Balaban J connectivity index is 2.02. The Labute approximate surface area is 124 Å². The van der Waals surface area contributed by atoms with Crippen molar-refractivity contribution in [2.45, 2.75) is 25.9 Å². The van der Waals surface area contributed by atoms with Crippen LogP contribution in [0.3, 0.4) is 0 Å². The summed E-state index contributed by atoms with van der Waals surface area (Å²) in [6.45, 7) is 2.53. The molecule has 0 bridgehead atoms. The molecule has 0 aliphatic carbocycles. The van der Waals surface area contributed by atoms with E-state index in [0.29, 0.717) is 18.5 Å². The highest BCUT2D eigenvalue weighted by Crippen LogP contribution is 2.33. The Morgan fingerprint density at radius 1 is 1.33 bits per heavy atom. The molecule has 4 heteroatoms. The molecule has 1 aliphatic heterocycles. The number of aliphatic hydroxyl groups excluding tert-OH is 1. The first-order valence-electron chi connectivity index (χ1n) is 7.17. The van der Waals surface area contributed by atoms with Gasteiger partial charge in [-0.3, -0.25) is 9.78 Å². The number of benzene rings is 1. The normalized spacial score (nSPS) is 18.0. The van der Waals surface area contributed by atoms with Crippen molar-refractivity contribution in [3.8, 4) is 0 Å². The number of aliphatic hydroxyl groups is 1. The van der Waals surface area contributed by atoms with Crippen molar-refractivity contribution in [3.63, 3.8) is 0 Å². The summed E-state index contributed by atoms with van der Waals surface area (Å²) < 4.78 is 0. The Morgan fingerprint density at radius 2 is 2.14 bits per heavy atom. The number of hydrogen-bond acceptors (Lipinski definition) is 3. The molecule has 1 aromatic heterocycles. The van der Waals surface area contributed by atoms with Gasteiger partial charge < -0.3 is 10.0 Å². The van der Waals surface area contributed by atoms with E-state index in [1.165, 1.54) is 0 Å². The van der Waals surface area contributed by atoms with Gasteiger partial charge in [-0.1, -0.05) is 18.2 Å². The summed E-state index contributed by atoms with van der Waals surface area (Å²) in [6.07, 6.45) is 4.28. The number of aryl methyl sites for hydroxylation is 1. The molecule has 4 nitrogen and oxygen atoms in total. The van der Waals surface area contributed by atoms with Crippen molar-refractivity contribution >= 4 is 11.6 Å². The minimum Gasteiger partial charge on any atom is -0.388 e. The maximum atomic E-state index is 12.8. The molecule has 1 N–H and O–H groups in total. The molecular weight excluding hydrogens is 264 g/mol. The lowest BCUT2D eigenvalue weighted by Gasteiger charge is -2.23. The molecule has 1 amide bonds. The van der Waals surface area contributed by atoms with Crippen LogP contribution in [-0.2, 0) is 0 Å². The zero-order chi connectivity index (χ0) is 14.8. The summed E-state index contributed by atoms with van der Waals surface area (Å²) in [4.78, 5) is 18.6. The summed E-state index contributed by atoms with van der Waals surface area (Å²) >= 11 is 0. The third-order valence-corrected chi connectivity index (χ3v) is 3.81. The highest BCUT2D eigenvalue weighted by molar-refractivity contribution is 6.06. The van der Waals surface area contributed by atoms with Crippen LogP contribution in [0, 0.1) is 6.92 Å². The van der Waals surface area contributed by atoms with E-state index in [-0.39, 0.29) is 5.91 Å². The van der Waals surface area contributed by atoms with E-state index in [4.69, 9.17) is 0 Å². The Hall–Kier alpha value is -2.20. The molecule has 2 aromatic rings. The van der Waals surface area contributed by atoms with Crippen LogP contribution in [0.15, 0.2) is 42.7 Å². The van der Waals surface area contributed by atoms with Crippen molar-refractivity contribution in [3.05, 3.63) is 59.4 Å². The van der Waals surface area contributed by atoms with Gasteiger partial charge in [-0.05, 0) is 37.5 Å². The zero-order valence-electron chi connectivity index (χ0n) is 12.0. The highest BCUT2D eigenvalue weighted by Gasteiger charge is 2.25. The van der Waals surface area contributed by atoms with E-state index in [1.54, 1.807) is 17.3 Å². The first-order valence-corrected chi connectivity index (χ1v) is 7.17. The first kappa shape index (κ1) is 13.8. The van der Waals surface area contributed by atoms with Gasteiger partial charge >= 0.3 is 0 Å². The fourth-order valence-electron chi connectivity index (χ4n) is 2.77. The molecule has 0 radical (unpaired) electrons. The van der Waals surface area contributed by atoms with Crippen LogP contribution < -0.4 is 4.90 Å². The van der Waals surface area contributed by atoms with Crippen molar-refractivity contribution in [1.82, 2.24) is 4.98 Å². The minimum absolute atomic E-state index is 0.0623. The lowest BCUT2D eigenvalue weighted by atomic mass is 10.0. The molecule has 0 saturated heterocycles. The molecule has 1 aliphatic rings. The van der Waals surface area contributed by atoms with Crippen molar-refractivity contribution in [2.24, 2.45) is 0 Å². The number of carbonyl (C=O) groups is 1. The molecule has 2 heterocycles. The molecule has 21 heavy (non-hydrogen) atoms. The summed E-state index contributed by atoms with van der Waals surface area (Å²) in [7, 11) is 0. The Morgan fingerprint density at radius 3 is 2.95 bits per heavy atom. The molecular formula is C17H18N2O2. The molecule has 1 atom stereocenters. The maximum Gasteiger partial charge on any atom is 0.259 e. The van der Waals surface area contributed by atoms with Crippen molar-refractivity contribution < 1.29 is 9.90 Å². The van der Waals surface area contributed by atoms with Crippen LogP contribution in [0.5, 0.6) is 0 Å². The van der Waals surface area contributed by atoms with Crippen LogP contribution in [0.25, 0.3) is 0 Å². The van der Waals surface area contributed by atoms with E-state index < -0.39 is 6.10 Å². The fourth-order valence-corrected chi connectivity index (χ4v) is 2.77. The highest BCUT2D eigenvalue weighted by atomic mass is 16.3. The fraction of sp³-hybridized carbons (Fsp3) is 0.294. The second-order valence-electron chi connectivity index (χ2n) is 5.42. The number of pyridine rings is 1. The van der Waals surface area contributed by atoms with Crippen molar-refractivity contribution in [2.75, 3.05) is 11.4 Å². The van der Waals surface area contributed by atoms with Crippen LogP contribution in [0.2, 0.25) is 0 Å². The summed E-state index contributed by atoms with van der Waals surface area (Å²) in [5.41, 5.74) is 3.17. The molecule has 1 aromatic carbocycles. The average Bonchev–Trinajstić information content (AvgIpc) is 2.66. The standard InChI is InChI=1S/C17H18N2O2/c1-12-9-13(11-18-10-12)17(21)19-8-4-7-16(20)14-5-2-3-6-15(14)19/h2-3,5-6,9-11,16,20H,4,7-8H2,1H3. The van der Waals surface area contributed by atoms with Gasteiger partial charge in [0.05, 0.1) is 11.7 Å². The van der Waals surface area contributed by atoms with Gasteiger partial charge in [0.25, 0.3) is 5.91 Å². The van der Waals surface area contributed by atoms with Gasteiger partial charge in [-0.15, -0.1) is 0 Å². The number of aromatic nitrogens is 1. The molecule has 1 unspecified atom stereocenters. The van der Waals surface area contributed by atoms with Crippen LogP contribution in [-0.4, -0.2) is 22.5 Å². The van der Waals surface area contributed by atoms with E-state index >= 15 is 0 Å². The minimum atomic E-state index is -0.505. The molecule has 0 saturated carbocycles. The number of fused-ring (bicyclic) bond motifs is 1. The van der Waals surface area contributed by atoms with Gasteiger partial charge in [0.15, 0.2) is 0 Å². The molecule has 108 valence electrons. The number of rotatable bonds is 1. The van der Waals surface area contributed by atoms with Crippen LogP contribution in [0.4, 0.5) is 5.69 Å². The average molecular weight is 282 g/mol. The predicted octanol–water partition coefficient (Wildman–Crippen LogP) is 2.86. The zero-order valence-corrected chi connectivity index (χ0v) is 12.0. The SMILES string of the molecule is Cc1cncc(C(=O)N2CCCC(O)c3ccccc32)c1. The van der Waals surface area contributed by atoms with E-state index in [9.17, 15) is 9.90 Å². The summed E-state index contributed by atoms with van der Waals surface area (Å²) in [5.74, 6) is -0.0623. The predicted molar refractivity (Wildman–Crippen MR) is 81.3 cm³/mol. The number of hydrogen-bond donors (Lipinski definition) is 1. The monoisotopic (exact) mass is 282 g/mol. The summed E-state index contributed by atoms with van der Waals surface area (Å²) in [5, 5.41) is 10.2. The summed E-state index contributed by atoms with van der Waals surface area (Å²) in [6, 6.07) is 9.42. The van der Waals surface area contributed by atoms with E-state index in [2.05, 4.69) is 4.98 Å². The first-order chi connectivity index (χ1) is 10.2. The van der Waals surface area contributed by atoms with Crippen molar-refractivity contribution in [1.29, 1.82) is 0 Å².